The van der Waals surface area contributed by atoms with Gasteiger partial charge in [-0.1, -0.05) is 29.8 Å². The van der Waals surface area contributed by atoms with Gasteiger partial charge in [0.2, 0.25) is 5.91 Å². The van der Waals surface area contributed by atoms with Gasteiger partial charge >= 0.3 is 0 Å². The number of amides is 1. The molecule has 1 fully saturated rings. The van der Waals surface area contributed by atoms with E-state index in [9.17, 15) is 4.79 Å². The van der Waals surface area contributed by atoms with E-state index in [2.05, 4.69) is 23.3 Å². The zero-order chi connectivity index (χ0) is 22.0. The maximum absolute atomic E-state index is 12.9. The van der Waals surface area contributed by atoms with Crippen molar-refractivity contribution in [3.63, 3.8) is 0 Å². The average Bonchev–Trinajstić information content (AvgIpc) is 3.06. The van der Waals surface area contributed by atoms with E-state index in [1.807, 2.05) is 49.9 Å². The first kappa shape index (κ1) is 21.6. The summed E-state index contributed by atoms with van der Waals surface area (Å²) in [7, 11) is 0. The number of piperidine rings is 1. The van der Waals surface area contributed by atoms with Crippen molar-refractivity contribution in [3.8, 4) is 0 Å². The van der Waals surface area contributed by atoms with Crippen molar-refractivity contribution in [2.75, 3.05) is 13.1 Å². The number of carbonyl (C=O) groups is 1. The van der Waals surface area contributed by atoms with E-state index in [-0.39, 0.29) is 11.8 Å². The van der Waals surface area contributed by atoms with Gasteiger partial charge in [0.15, 0.2) is 0 Å². The Bertz CT molecular complexity index is 1090. The zero-order valence-electron chi connectivity index (χ0n) is 18.4. The Morgan fingerprint density at radius 1 is 1.13 bits per heavy atom. The van der Waals surface area contributed by atoms with Crippen molar-refractivity contribution in [1.29, 1.82) is 0 Å². The van der Waals surface area contributed by atoms with Gasteiger partial charge in [0, 0.05) is 41.1 Å². The fraction of sp³-hybridized carbons (Fsp3) is 0.400. The molecule has 0 saturated carbocycles. The summed E-state index contributed by atoms with van der Waals surface area (Å²) in [6, 6.07) is 14.3. The van der Waals surface area contributed by atoms with Crippen LogP contribution in [-0.2, 0) is 17.8 Å². The summed E-state index contributed by atoms with van der Waals surface area (Å²) in [5.41, 5.74) is 6.37. The van der Waals surface area contributed by atoms with Gasteiger partial charge in [0.25, 0.3) is 0 Å². The van der Waals surface area contributed by atoms with E-state index >= 15 is 0 Å². The lowest BCUT2D eigenvalue weighted by Crippen LogP contribution is -2.41. The molecule has 0 aliphatic carbocycles. The molecule has 1 aliphatic rings. The molecule has 1 aliphatic heterocycles. The summed E-state index contributed by atoms with van der Waals surface area (Å²) in [6.45, 7) is 7.78. The molecule has 4 rings (SSSR count). The normalized spacial score (nSPS) is 16.5. The average molecular weight is 437 g/mol. The Hall–Kier alpha value is -2.66. The molecule has 0 radical (unpaired) electrons. The Balaban J connectivity index is 1.49. The van der Waals surface area contributed by atoms with Gasteiger partial charge in [-0.3, -0.25) is 14.5 Å². The fourth-order valence-corrected chi connectivity index (χ4v) is 4.65. The third-order valence-electron chi connectivity index (χ3n) is 5.97. The minimum absolute atomic E-state index is 0.125. The monoisotopic (exact) mass is 436 g/mol. The first-order valence-corrected chi connectivity index (χ1v) is 11.3. The maximum atomic E-state index is 12.9. The summed E-state index contributed by atoms with van der Waals surface area (Å²) in [4.78, 5) is 19.8. The Kier molecular flexibility index (Phi) is 6.42. The lowest BCUT2D eigenvalue weighted by molar-refractivity contribution is -0.133. The quantitative estimate of drug-likeness (QED) is 0.574. The number of rotatable bonds is 5. The molecule has 0 N–H and O–H groups in total. The van der Waals surface area contributed by atoms with Crippen LogP contribution in [0.25, 0.3) is 0 Å². The lowest BCUT2D eigenvalue weighted by Gasteiger charge is -2.33. The number of likely N-dealkylation sites (tertiary alicyclic amines) is 1. The van der Waals surface area contributed by atoms with Crippen molar-refractivity contribution in [2.45, 2.75) is 52.5 Å². The van der Waals surface area contributed by atoms with Crippen LogP contribution in [0.3, 0.4) is 0 Å². The predicted octanol–water partition coefficient (Wildman–Crippen LogP) is 4.85. The van der Waals surface area contributed by atoms with Crippen molar-refractivity contribution in [2.24, 2.45) is 0 Å². The van der Waals surface area contributed by atoms with Crippen molar-refractivity contribution < 1.29 is 4.79 Å². The number of carbonyl (C=O) groups excluding carboxylic acids is 1. The molecular formula is C25H29ClN4O. The highest BCUT2D eigenvalue weighted by molar-refractivity contribution is 6.31. The van der Waals surface area contributed by atoms with Crippen LogP contribution in [0, 0.1) is 20.8 Å². The Morgan fingerprint density at radius 3 is 2.68 bits per heavy atom. The largest absolute Gasteiger partial charge is 0.340 e. The van der Waals surface area contributed by atoms with Gasteiger partial charge in [-0.25, -0.2) is 0 Å². The standard InChI is InChI=1S/C25H29ClN4O/c1-17-12-20(13-21-7-4-5-9-23(21)26)14-24(27-17)22-8-6-10-29(15-22)25(31)16-30-19(3)11-18(2)28-30/h4-5,7,9,11-12,14,22H,6,8,10,13,15-16H2,1-3H3. The molecule has 0 bridgehead atoms. The zero-order valence-corrected chi connectivity index (χ0v) is 19.2. The SMILES string of the molecule is Cc1cc(Cc2ccccc2Cl)cc(C2CCCN(C(=O)Cn3nc(C)cc3C)C2)n1. The van der Waals surface area contributed by atoms with Gasteiger partial charge in [0.05, 0.1) is 5.69 Å². The second-order valence-electron chi connectivity index (χ2n) is 8.57. The van der Waals surface area contributed by atoms with Crippen LogP contribution in [0.1, 0.15) is 52.7 Å². The molecular weight excluding hydrogens is 408 g/mol. The number of hydrogen-bond acceptors (Lipinski definition) is 3. The van der Waals surface area contributed by atoms with E-state index in [0.717, 1.165) is 59.2 Å². The summed E-state index contributed by atoms with van der Waals surface area (Å²) in [6.07, 6.45) is 2.82. The van der Waals surface area contributed by atoms with Crippen LogP contribution < -0.4 is 0 Å². The second-order valence-corrected chi connectivity index (χ2v) is 8.98. The number of pyridine rings is 1. The van der Waals surface area contributed by atoms with Crippen molar-refractivity contribution >= 4 is 17.5 Å². The van der Waals surface area contributed by atoms with Gasteiger partial charge in [-0.2, -0.15) is 5.10 Å². The molecule has 3 aromatic rings. The predicted molar refractivity (Wildman–Crippen MR) is 123 cm³/mol. The second kappa shape index (κ2) is 9.23. The minimum atomic E-state index is 0.125. The van der Waals surface area contributed by atoms with Gasteiger partial charge in [0.1, 0.15) is 6.54 Å². The summed E-state index contributed by atoms with van der Waals surface area (Å²) >= 11 is 6.37. The molecule has 1 unspecified atom stereocenters. The third-order valence-corrected chi connectivity index (χ3v) is 6.33. The molecule has 5 nitrogen and oxygen atoms in total. The van der Waals surface area contributed by atoms with Gasteiger partial charge in [-0.15, -0.1) is 0 Å². The van der Waals surface area contributed by atoms with Crippen LogP contribution in [0.15, 0.2) is 42.5 Å². The highest BCUT2D eigenvalue weighted by Crippen LogP contribution is 2.28. The van der Waals surface area contributed by atoms with Gasteiger partial charge in [-0.05, 0) is 75.4 Å². The number of hydrogen-bond donors (Lipinski definition) is 0. The Labute approximate surface area is 189 Å². The highest BCUT2D eigenvalue weighted by atomic mass is 35.5. The molecule has 2 aromatic heterocycles. The van der Waals surface area contributed by atoms with Crippen molar-refractivity contribution in [1.82, 2.24) is 19.7 Å². The smallest absolute Gasteiger partial charge is 0.244 e. The molecule has 1 aromatic carbocycles. The van der Waals surface area contributed by atoms with Crippen LogP contribution >= 0.6 is 11.6 Å². The lowest BCUT2D eigenvalue weighted by atomic mass is 9.92. The van der Waals surface area contributed by atoms with Crippen LogP contribution in [-0.4, -0.2) is 38.7 Å². The fourth-order valence-electron chi connectivity index (χ4n) is 4.45. The highest BCUT2D eigenvalue weighted by Gasteiger charge is 2.26. The number of nitrogens with zero attached hydrogens (tertiary/aromatic N) is 4. The molecule has 0 spiro atoms. The number of halogens is 1. The van der Waals surface area contributed by atoms with E-state index < -0.39 is 0 Å². The first-order valence-electron chi connectivity index (χ1n) is 10.9. The number of benzene rings is 1. The molecule has 31 heavy (non-hydrogen) atoms. The van der Waals surface area contributed by atoms with Crippen LogP contribution in [0.4, 0.5) is 0 Å². The maximum Gasteiger partial charge on any atom is 0.244 e. The molecule has 3 heterocycles. The van der Waals surface area contributed by atoms with E-state index in [4.69, 9.17) is 16.6 Å². The minimum Gasteiger partial charge on any atom is -0.340 e. The van der Waals surface area contributed by atoms with Crippen LogP contribution in [0.2, 0.25) is 5.02 Å². The Morgan fingerprint density at radius 2 is 1.94 bits per heavy atom. The molecule has 162 valence electrons. The van der Waals surface area contributed by atoms with E-state index in [1.165, 1.54) is 5.56 Å². The van der Waals surface area contributed by atoms with Gasteiger partial charge < -0.3 is 4.90 Å². The molecule has 1 amide bonds. The van der Waals surface area contributed by atoms with E-state index in [1.54, 1.807) is 4.68 Å². The topological polar surface area (TPSA) is 51.0 Å². The molecule has 1 saturated heterocycles. The number of aryl methyl sites for hydroxylation is 3. The summed E-state index contributed by atoms with van der Waals surface area (Å²) in [5, 5.41) is 5.23. The molecule has 6 heteroatoms. The first-order chi connectivity index (χ1) is 14.9. The molecule has 1 atom stereocenters. The number of aromatic nitrogens is 3. The summed E-state index contributed by atoms with van der Waals surface area (Å²) in [5.74, 6) is 0.378. The third kappa shape index (κ3) is 5.16. The van der Waals surface area contributed by atoms with E-state index in [0.29, 0.717) is 13.1 Å². The summed E-state index contributed by atoms with van der Waals surface area (Å²) < 4.78 is 1.80. The van der Waals surface area contributed by atoms with Crippen LogP contribution in [0.5, 0.6) is 0 Å². The van der Waals surface area contributed by atoms with Crippen molar-refractivity contribution in [3.05, 3.63) is 81.4 Å².